The molecule has 0 N–H and O–H groups in total. The highest BCUT2D eigenvalue weighted by atomic mass is 79.9. The summed E-state index contributed by atoms with van der Waals surface area (Å²) in [6, 6.07) is 5.32. The standard InChI is InChI=1S/C13H17BrClNO/c1-4-9(2)8-16(3)13(17)11-7-10(14)5-6-12(11)15/h5-7,9H,4,8H2,1-3H3. The SMILES string of the molecule is CCC(C)CN(C)C(=O)c1cc(Br)ccc1Cl. The lowest BCUT2D eigenvalue weighted by atomic mass is 10.1. The lowest BCUT2D eigenvalue weighted by Gasteiger charge is -2.21. The first-order valence-electron chi connectivity index (χ1n) is 5.66. The van der Waals surface area contributed by atoms with Crippen LogP contribution in [0.15, 0.2) is 22.7 Å². The van der Waals surface area contributed by atoms with E-state index in [4.69, 9.17) is 11.6 Å². The molecule has 0 spiro atoms. The number of hydrogen-bond acceptors (Lipinski definition) is 1. The Hall–Kier alpha value is -0.540. The number of carbonyl (C=O) groups is 1. The Morgan fingerprint density at radius 1 is 1.53 bits per heavy atom. The van der Waals surface area contributed by atoms with Gasteiger partial charge in [-0.2, -0.15) is 0 Å². The van der Waals surface area contributed by atoms with Crippen LogP contribution in [0.1, 0.15) is 30.6 Å². The smallest absolute Gasteiger partial charge is 0.255 e. The van der Waals surface area contributed by atoms with E-state index >= 15 is 0 Å². The molecule has 1 aromatic rings. The zero-order valence-corrected chi connectivity index (χ0v) is 12.7. The molecule has 0 heterocycles. The molecule has 0 saturated carbocycles. The van der Waals surface area contributed by atoms with Crippen molar-refractivity contribution in [2.45, 2.75) is 20.3 Å². The van der Waals surface area contributed by atoms with Crippen molar-refractivity contribution in [1.82, 2.24) is 4.90 Å². The minimum absolute atomic E-state index is 0.0309. The van der Waals surface area contributed by atoms with Gasteiger partial charge < -0.3 is 4.90 Å². The molecule has 1 atom stereocenters. The fraction of sp³-hybridized carbons (Fsp3) is 0.462. The second-order valence-electron chi connectivity index (χ2n) is 4.32. The predicted octanol–water partition coefficient (Wildman–Crippen LogP) is 4.22. The molecular weight excluding hydrogens is 302 g/mol. The van der Waals surface area contributed by atoms with Crippen LogP contribution in [0.5, 0.6) is 0 Å². The van der Waals surface area contributed by atoms with E-state index in [0.29, 0.717) is 16.5 Å². The Labute approximate surface area is 116 Å². The quantitative estimate of drug-likeness (QED) is 0.814. The number of hydrogen-bond donors (Lipinski definition) is 0. The molecule has 94 valence electrons. The largest absolute Gasteiger partial charge is 0.341 e. The zero-order chi connectivity index (χ0) is 13.0. The van der Waals surface area contributed by atoms with E-state index < -0.39 is 0 Å². The molecule has 0 saturated heterocycles. The van der Waals surface area contributed by atoms with Crippen molar-refractivity contribution in [2.75, 3.05) is 13.6 Å². The molecule has 0 aliphatic heterocycles. The molecule has 0 aromatic heterocycles. The van der Waals surface area contributed by atoms with Gasteiger partial charge in [0, 0.05) is 18.1 Å². The van der Waals surface area contributed by atoms with E-state index in [1.54, 1.807) is 17.0 Å². The van der Waals surface area contributed by atoms with E-state index in [9.17, 15) is 4.79 Å². The third-order valence-electron chi connectivity index (χ3n) is 2.79. The first kappa shape index (κ1) is 14.5. The highest BCUT2D eigenvalue weighted by Crippen LogP contribution is 2.22. The van der Waals surface area contributed by atoms with Crippen molar-refractivity contribution < 1.29 is 4.79 Å². The van der Waals surface area contributed by atoms with Gasteiger partial charge in [-0.3, -0.25) is 4.79 Å². The summed E-state index contributed by atoms with van der Waals surface area (Å²) in [5.74, 6) is 0.464. The van der Waals surface area contributed by atoms with Crippen molar-refractivity contribution in [3.05, 3.63) is 33.3 Å². The molecule has 1 unspecified atom stereocenters. The maximum absolute atomic E-state index is 12.2. The summed E-state index contributed by atoms with van der Waals surface area (Å²) in [6.07, 6.45) is 1.06. The maximum Gasteiger partial charge on any atom is 0.255 e. The Morgan fingerprint density at radius 3 is 2.76 bits per heavy atom. The fourth-order valence-corrected chi connectivity index (χ4v) is 2.11. The lowest BCUT2D eigenvalue weighted by molar-refractivity contribution is 0.0775. The van der Waals surface area contributed by atoms with Gasteiger partial charge in [-0.15, -0.1) is 0 Å². The molecule has 0 aliphatic carbocycles. The van der Waals surface area contributed by atoms with E-state index in [1.807, 2.05) is 13.1 Å². The van der Waals surface area contributed by atoms with Crippen molar-refractivity contribution in [1.29, 1.82) is 0 Å². The molecule has 4 heteroatoms. The third kappa shape index (κ3) is 4.00. The number of nitrogens with zero attached hydrogens (tertiary/aromatic N) is 1. The molecule has 2 nitrogen and oxygen atoms in total. The van der Waals surface area contributed by atoms with Gasteiger partial charge in [0.05, 0.1) is 10.6 Å². The van der Waals surface area contributed by atoms with Gasteiger partial charge in [0.1, 0.15) is 0 Å². The van der Waals surface area contributed by atoms with Gasteiger partial charge >= 0.3 is 0 Å². The highest BCUT2D eigenvalue weighted by Gasteiger charge is 2.16. The first-order valence-corrected chi connectivity index (χ1v) is 6.83. The summed E-state index contributed by atoms with van der Waals surface area (Å²) in [6.45, 7) is 5.00. The summed E-state index contributed by atoms with van der Waals surface area (Å²) in [4.78, 5) is 13.9. The van der Waals surface area contributed by atoms with Gasteiger partial charge in [-0.1, -0.05) is 47.8 Å². The Bertz CT molecular complexity index is 408. The van der Waals surface area contributed by atoms with Crippen LogP contribution in [0.4, 0.5) is 0 Å². The molecule has 0 bridgehead atoms. The third-order valence-corrected chi connectivity index (χ3v) is 3.61. The summed E-state index contributed by atoms with van der Waals surface area (Å²) < 4.78 is 0.863. The molecule has 1 amide bonds. The zero-order valence-electron chi connectivity index (χ0n) is 10.3. The summed E-state index contributed by atoms with van der Waals surface area (Å²) in [5.41, 5.74) is 0.548. The second kappa shape index (κ2) is 6.41. The van der Waals surface area contributed by atoms with Crippen LogP contribution in [0, 0.1) is 5.92 Å². The van der Waals surface area contributed by atoms with E-state index in [0.717, 1.165) is 17.4 Å². The maximum atomic E-state index is 12.2. The molecule has 0 fully saturated rings. The highest BCUT2D eigenvalue weighted by molar-refractivity contribution is 9.10. The minimum Gasteiger partial charge on any atom is -0.341 e. The van der Waals surface area contributed by atoms with Crippen LogP contribution in [0.2, 0.25) is 5.02 Å². The average Bonchev–Trinajstić information content (AvgIpc) is 2.31. The Balaban J connectivity index is 2.85. The normalized spacial score (nSPS) is 12.3. The Morgan fingerprint density at radius 2 is 2.18 bits per heavy atom. The summed E-state index contributed by atoms with van der Waals surface area (Å²) in [7, 11) is 1.81. The van der Waals surface area contributed by atoms with Crippen molar-refractivity contribution in [2.24, 2.45) is 5.92 Å². The first-order chi connectivity index (χ1) is 7.95. The summed E-state index contributed by atoms with van der Waals surface area (Å²) in [5, 5.41) is 0.495. The van der Waals surface area contributed by atoms with Crippen molar-refractivity contribution in [3.63, 3.8) is 0 Å². The number of benzene rings is 1. The number of halogens is 2. The minimum atomic E-state index is -0.0309. The van der Waals surface area contributed by atoms with Crippen LogP contribution in [-0.4, -0.2) is 24.4 Å². The van der Waals surface area contributed by atoms with Crippen LogP contribution >= 0.6 is 27.5 Å². The molecule has 0 aliphatic rings. The van der Waals surface area contributed by atoms with Gasteiger partial charge in [-0.25, -0.2) is 0 Å². The van der Waals surface area contributed by atoms with Gasteiger partial charge in [0.15, 0.2) is 0 Å². The topological polar surface area (TPSA) is 20.3 Å². The van der Waals surface area contributed by atoms with Crippen molar-refractivity contribution >= 4 is 33.4 Å². The lowest BCUT2D eigenvalue weighted by Crippen LogP contribution is -2.31. The molecular formula is C13H17BrClNO. The molecule has 0 radical (unpaired) electrons. The van der Waals surface area contributed by atoms with Gasteiger partial charge in [0.25, 0.3) is 5.91 Å². The van der Waals surface area contributed by atoms with E-state index in [-0.39, 0.29) is 5.91 Å². The molecule has 1 aromatic carbocycles. The predicted molar refractivity (Wildman–Crippen MR) is 75.6 cm³/mol. The fourth-order valence-electron chi connectivity index (χ4n) is 1.55. The average molecular weight is 319 g/mol. The molecule has 17 heavy (non-hydrogen) atoms. The molecule has 1 rings (SSSR count). The van der Waals surface area contributed by atoms with Crippen LogP contribution in [-0.2, 0) is 0 Å². The van der Waals surface area contributed by atoms with Gasteiger partial charge in [0.2, 0.25) is 0 Å². The number of rotatable bonds is 4. The van der Waals surface area contributed by atoms with Crippen LogP contribution in [0.25, 0.3) is 0 Å². The van der Waals surface area contributed by atoms with Crippen LogP contribution in [0.3, 0.4) is 0 Å². The van der Waals surface area contributed by atoms with Crippen molar-refractivity contribution in [3.8, 4) is 0 Å². The number of amides is 1. The second-order valence-corrected chi connectivity index (χ2v) is 5.65. The van der Waals surface area contributed by atoms with Crippen LogP contribution < -0.4 is 0 Å². The van der Waals surface area contributed by atoms with E-state index in [1.165, 1.54) is 0 Å². The monoisotopic (exact) mass is 317 g/mol. The Kier molecular flexibility index (Phi) is 5.47. The summed E-state index contributed by atoms with van der Waals surface area (Å²) >= 11 is 9.39. The van der Waals surface area contributed by atoms with Gasteiger partial charge in [-0.05, 0) is 24.1 Å². The van der Waals surface area contributed by atoms with E-state index in [2.05, 4.69) is 29.8 Å². The number of carbonyl (C=O) groups excluding carboxylic acids is 1.